The van der Waals surface area contributed by atoms with Gasteiger partial charge in [0.2, 0.25) is 0 Å². The highest BCUT2D eigenvalue weighted by molar-refractivity contribution is 6.11. The second-order valence-corrected chi connectivity index (χ2v) is 7.17. The van der Waals surface area contributed by atoms with Gasteiger partial charge < -0.3 is 10.3 Å². The van der Waals surface area contributed by atoms with E-state index in [1.54, 1.807) is 50.5 Å². The number of halogens is 1. The first-order valence-corrected chi connectivity index (χ1v) is 9.60. The quantitative estimate of drug-likeness (QED) is 0.452. The largest absolute Gasteiger partial charge is 0.350 e. The molecule has 0 unspecified atom stereocenters. The molecule has 0 saturated heterocycles. The van der Waals surface area contributed by atoms with Gasteiger partial charge in [-0.25, -0.2) is 23.4 Å². The number of aromatic nitrogens is 7. The number of carbonyl (C=O) groups is 1. The molecular weight excluding hydrogens is 415 g/mol. The molecule has 32 heavy (non-hydrogen) atoms. The van der Waals surface area contributed by atoms with Gasteiger partial charge in [0.05, 0.1) is 29.1 Å². The van der Waals surface area contributed by atoms with E-state index >= 15 is 4.39 Å². The molecule has 5 aromatic rings. The van der Waals surface area contributed by atoms with E-state index in [-0.39, 0.29) is 16.8 Å². The number of fused-ring (bicyclic) bond motifs is 1. The lowest BCUT2D eigenvalue weighted by molar-refractivity contribution is 0.102. The summed E-state index contributed by atoms with van der Waals surface area (Å²) in [5.74, 6) is -0.731. The zero-order valence-corrected chi connectivity index (χ0v) is 17.1. The number of amides is 1. The van der Waals surface area contributed by atoms with Crippen molar-refractivity contribution < 1.29 is 9.18 Å². The van der Waals surface area contributed by atoms with Crippen LogP contribution >= 0.6 is 0 Å². The van der Waals surface area contributed by atoms with E-state index in [9.17, 15) is 9.59 Å². The predicted octanol–water partition coefficient (Wildman–Crippen LogP) is 2.24. The Hall–Kier alpha value is -4.54. The fourth-order valence-corrected chi connectivity index (χ4v) is 3.56. The summed E-state index contributed by atoms with van der Waals surface area (Å²) in [6.45, 7) is 0. The second kappa shape index (κ2) is 7.30. The third-order valence-corrected chi connectivity index (χ3v) is 5.20. The first-order valence-electron chi connectivity index (χ1n) is 9.60. The third-order valence-electron chi connectivity index (χ3n) is 5.20. The summed E-state index contributed by atoms with van der Waals surface area (Å²) < 4.78 is 19.7. The van der Waals surface area contributed by atoms with Gasteiger partial charge in [0.1, 0.15) is 18.0 Å². The van der Waals surface area contributed by atoms with Crippen LogP contribution < -0.4 is 11.0 Å². The maximum absolute atomic E-state index is 15.6. The lowest BCUT2D eigenvalue weighted by atomic mass is 10.0. The Bertz CT molecular complexity index is 1510. The van der Waals surface area contributed by atoms with Gasteiger partial charge in [-0.05, 0) is 29.8 Å². The van der Waals surface area contributed by atoms with Gasteiger partial charge in [-0.3, -0.25) is 9.48 Å². The number of carbonyl (C=O) groups excluding carboxylic acids is 1. The number of aryl methyl sites for hydroxylation is 2. The Morgan fingerprint density at radius 3 is 2.53 bits per heavy atom. The normalized spacial score (nSPS) is 11.2. The number of hydrogen-bond donors (Lipinski definition) is 2. The van der Waals surface area contributed by atoms with Crippen LogP contribution in [0.5, 0.6) is 0 Å². The minimum atomic E-state index is -0.559. The molecule has 2 aromatic carbocycles. The summed E-state index contributed by atoms with van der Waals surface area (Å²) in [5, 5.41) is 10.9. The molecule has 160 valence electrons. The molecular formula is C21H17FN8O2. The number of anilines is 1. The maximum atomic E-state index is 15.6. The molecule has 0 fully saturated rings. The highest BCUT2D eigenvalue weighted by Gasteiger charge is 2.22. The average Bonchev–Trinajstić information content (AvgIpc) is 3.50. The number of hydrogen-bond acceptors (Lipinski definition) is 5. The van der Waals surface area contributed by atoms with Crippen LogP contribution in [-0.2, 0) is 14.1 Å². The van der Waals surface area contributed by atoms with Crippen LogP contribution in [-0.4, -0.2) is 40.0 Å². The van der Waals surface area contributed by atoms with Crippen LogP contribution in [0.4, 0.5) is 10.2 Å². The molecule has 0 radical (unpaired) electrons. The zero-order valence-electron chi connectivity index (χ0n) is 17.1. The van der Waals surface area contributed by atoms with E-state index < -0.39 is 11.7 Å². The summed E-state index contributed by atoms with van der Waals surface area (Å²) in [5.41, 5.74) is 1.68. The number of aromatic amines is 1. The van der Waals surface area contributed by atoms with Crippen molar-refractivity contribution in [1.29, 1.82) is 0 Å². The molecule has 0 aliphatic rings. The molecule has 0 atom stereocenters. The molecule has 0 bridgehead atoms. The second-order valence-electron chi connectivity index (χ2n) is 7.17. The van der Waals surface area contributed by atoms with Crippen LogP contribution in [0.25, 0.3) is 27.7 Å². The molecule has 11 heteroatoms. The van der Waals surface area contributed by atoms with Gasteiger partial charge >= 0.3 is 5.69 Å². The minimum Gasteiger partial charge on any atom is -0.331 e. The summed E-state index contributed by atoms with van der Waals surface area (Å²) in [4.78, 5) is 31.4. The lowest BCUT2D eigenvalue weighted by Gasteiger charge is -2.08. The van der Waals surface area contributed by atoms with Gasteiger partial charge in [-0.15, -0.1) is 0 Å². The van der Waals surface area contributed by atoms with Crippen LogP contribution in [0.15, 0.2) is 60.0 Å². The Kier molecular flexibility index (Phi) is 4.43. The Morgan fingerprint density at radius 2 is 1.88 bits per heavy atom. The number of imidazole rings is 1. The fourth-order valence-electron chi connectivity index (χ4n) is 3.56. The molecule has 10 nitrogen and oxygen atoms in total. The Balaban J connectivity index is 1.56. The zero-order chi connectivity index (χ0) is 22.4. The monoisotopic (exact) mass is 432 g/mol. The third kappa shape index (κ3) is 3.07. The molecule has 1 amide bonds. The molecule has 3 aromatic heterocycles. The molecule has 2 N–H and O–H groups in total. The van der Waals surface area contributed by atoms with Crippen molar-refractivity contribution >= 4 is 22.6 Å². The van der Waals surface area contributed by atoms with Crippen LogP contribution in [0, 0.1) is 5.82 Å². The average molecular weight is 432 g/mol. The molecule has 5 rings (SSSR count). The number of nitrogens with zero attached hydrogens (tertiary/aromatic N) is 6. The van der Waals surface area contributed by atoms with Gasteiger partial charge in [0.25, 0.3) is 5.91 Å². The summed E-state index contributed by atoms with van der Waals surface area (Å²) in [6, 6.07) is 10.2. The number of nitrogens with one attached hydrogen (secondary N) is 2. The van der Waals surface area contributed by atoms with Crippen molar-refractivity contribution in [2.45, 2.75) is 0 Å². The highest BCUT2D eigenvalue weighted by atomic mass is 19.1. The highest BCUT2D eigenvalue weighted by Crippen LogP contribution is 2.31. The van der Waals surface area contributed by atoms with Crippen molar-refractivity contribution in [3.8, 4) is 16.8 Å². The maximum Gasteiger partial charge on any atom is 0.350 e. The van der Waals surface area contributed by atoms with Gasteiger partial charge in [0, 0.05) is 19.7 Å². The summed E-state index contributed by atoms with van der Waals surface area (Å²) in [7, 11) is 3.21. The van der Waals surface area contributed by atoms with Crippen molar-refractivity contribution in [3.05, 3.63) is 77.2 Å². The van der Waals surface area contributed by atoms with Crippen LogP contribution in [0.1, 0.15) is 10.5 Å². The van der Waals surface area contributed by atoms with E-state index in [0.29, 0.717) is 28.1 Å². The number of H-pyrrole nitrogens is 1. The van der Waals surface area contributed by atoms with Gasteiger partial charge in [-0.2, -0.15) is 10.2 Å². The van der Waals surface area contributed by atoms with Crippen molar-refractivity contribution in [2.75, 3.05) is 5.32 Å². The molecule has 0 saturated carbocycles. The first kappa shape index (κ1) is 19.4. The Morgan fingerprint density at radius 1 is 1.09 bits per heavy atom. The lowest BCUT2D eigenvalue weighted by Crippen LogP contribution is -2.21. The Labute approximate surface area is 179 Å². The SMILES string of the molecule is Cn1ncn(-c2ccc(-c3ccc4c(c(C(=O)Nc5cnc[nH]5)nn4C)c3F)cc2)c1=O. The first-order chi connectivity index (χ1) is 15.4. The van der Waals surface area contributed by atoms with E-state index in [4.69, 9.17) is 0 Å². The van der Waals surface area contributed by atoms with Crippen LogP contribution in [0.3, 0.4) is 0 Å². The van der Waals surface area contributed by atoms with Gasteiger partial charge in [0.15, 0.2) is 5.69 Å². The molecule has 0 spiro atoms. The molecule has 0 aliphatic carbocycles. The molecule has 0 aliphatic heterocycles. The van der Waals surface area contributed by atoms with E-state index in [1.807, 2.05) is 0 Å². The standard InChI is InChI=1S/C21H17FN8O2/c1-28-15-8-7-14(12-3-5-13(6-4-12)30-11-25-29(2)21(30)32)18(22)17(15)19(27-28)20(31)26-16-9-23-10-24-16/h3-11H,1-2H3,(H,23,24)(H,26,31). The van der Waals surface area contributed by atoms with E-state index in [0.717, 1.165) is 0 Å². The predicted molar refractivity (Wildman–Crippen MR) is 115 cm³/mol. The van der Waals surface area contributed by atoms with Gasteiger partial charge in [-0.1, -0.05) is 12.1 Å². The van der Waals surface area contributed by atoms with Crippen molar-refractivity contribution in [3.63, 3.8) is 0 Å². The van der Waals surface area contributed by atoms with E-state index in [2.05, 4.69) is 25.5 Å². The van der Waals surface area contributed by atoms with Crippen LogP contribution in [0.2, 0.25) is 0 Å². The topological polar surface area (TPSA) is 115 Å². The number of rotatable bonds is 4. The van der Waals surface area contributed by atoms with Crippen molar-refractivity contribution in [1.82, 2.24) is 34.1 Å². The van der Waals surface area contributed by atoms with E-state index in [1.165, 1.54) is 32.8 Å². The fraction of sp³-hybridized carbons (Fsp3) is 0.0952. The number of benzene rings is 2. The summed E-state index contributed by atoms with van der Waals surface area (Å²) in [6.07, 6.45) is 4.29. The summed E-state index contributed by atoms with van der Waals surface area (Å²) >= 11 is 0. The minimum absolute atomic E-state index is 0.0324. The molecule has 3 heterocycles. The smallest absolute Gasteiger partial charge is 0.331 e. The van der Waals surface area contributed by atoms with Crippen molar-refractivity contribution in [2.24, 2.45) is 14.1 Å².